The number of imidazole rings is 1. The summed E-state index contributed by atoms with van der Waals surface area (Å²) in [6.45, 7) is 4.28. The Morgan fingerprint density at radius 3 is 2.37 bits per heavy atom. The molecule has 10 nitrogen and oxygen atoms in total. The third kappa shape index (κ3) is 6.21. The van der Waals surface area contributed by atoms with Gasteiger partial charge in [-0.05, 0) is 64.6 Å². The first-order valence-electron chi connectivity index (χ1n) is 14.4. The number of hydrogen-bond acceptors (Lipinski definition) is 6. The number of carboxylic acid groups (broad SMARTS) is 1. The maximum absolute atomic E-state index is 13.7. The number of nitrogens with one attached hydrogen (secondary N) is 1. The summed E-state index contributed by atoms with van der Waals surface area (Å²) in [5, 5.41) is 24.4. The van der Waals surface area contributed by atoms with Crippen molar-refractivity contribution in [2.75, 3.05) is 0 Å². The SMILES string of the molecule is CC(C)CCc1c(C(=O)O)n(C(=O)CC2CCCCC2)c(=O)n1Cc1ccc(-c2ccccc2-c2nnn[nH]2)cc1. The molecular formula is C31H36N6O4. The van der Waals surface area contributed by atoms with E-state index in [4.69, 9.17) is 0 Å². The van der Waals surface area contributed by atoms with E-state index in [1.807, 2.05) is 48.5 Å². The predicted octanol–water partition coefficient (Wildman–Crippen LogP) is 5.44. The van der Waals surface area contributed by atoms with Crippen LogP contribution < -0.4 is 5.69 Å². The highest BCUT2D eigenvalue weighted by Gasteiger charge is 2.30. The summed E-state index contributed by atoms with van der Waals surface area (Å²) in [6.07, 6.45) is 6.45. The molecule has 2 aromatic heterocycles. The Hall–Kier alpha value is -4.34. The number of carbonyl (C=O) groups excluding carboxylic acids is 1. The second-order valence-electron chi connectivity index (χ2n) is 11.3. The van der Waals surface area contributed by atoms with Gasteiger partial charge in [0.2, 0.25) is 5.91 Å². The van der Waals surface area contributed by atoms with Crippen molar-refractivity contribution in [3.63, 3.8) is 0 Å². The minimum absolute atomic E-state index is 0.171. The van der Waals surface area contributed by atoms with Crippen LogP contribution in [0.4, 0.5) is 0 Å². The van der Waals surface area contributed by atoms with Gasteiger partial charge < -0.3 is 5.11 Å². The first-order chi connectivity index (χ1) is 19.8. The van der Waals surface area contributed by atoms with Gasteiger partial charge >= 0.3 is 11.7 Å². The number of benzene rings is 2. The molecule has 2 aromatic carbocycles. The van der Waals surface area contributed by atoms with Crippen LogP contribution in [0.5, 0.6) is 0 Å². The van der Waals surface area contributed by atoms with Gasteiger partial charge in [-0.15, -0.1) is 5.10 Å². The normalized spacial score (nSPS) is 14.0. The van der Waals surface area contributed by atoms with E-state index in [-0.39, 0.29) is 24.6 Å². The molecule has 0 aliphatic heterocycles. The van der Waals surface area contributed by atoms with Crippen LogP contribution in [0.2, 0.25) is 0 Å². The zero-order valence-electron chi connectivity index (χ0n) is 23.5. The highest BCUT2D eigenvalue weighted by atomic mass is 16.4. The zero-order valence-corrected chi connectivity index (χ0v) is 23.5. The lowest BCUT2D eigenvalue weighted by Crippen LogP contribution is -2.32. The second kappa shape index (κ2) is 12.4. The minimum Gasteiger partial charge on any atom is -0.477 e. The fourth-order valence-electron chi connectivity index (χ4n) is 5.80. The molecule has 5 rings (SSSR count). The van der Waals surface area contributed by atoms with Crippen molar-refractivity contribution < 1.29 is 14.7 Å². The Morgan fingerprint density at radius 1 is 1.02 bits per heavy atom. The molecule has 0 radical (unpaired) electrons. The molecule has 0 unspecified atom stereocenters. The quantitative estimate of drug-likeness (QED) is 0.265. The van der Waals surface area contributed by atoms with Crippen LogP contribution in [0.25, 0.3) is 22.5 Å². The Balaban J connectivity index is 1.49. The smallest absolute Gasteiger partial charge is 0.354 e. The minimum atomic E-state index is -1.24. The molecule has 1 fully saturated rings. The molecule has 214 valence electrons. The van der Waals surface area contributed by atoms with Gasteiger partial charge in [0, 0.05) is 12.0 Å². The number of aromatic carboxylic acids is 1. The molecule has 1 aliphatic carbocycles. The van der Waals surface area contributed by atoms with Crippen LogP contribution in [0.3, 0.4) is 0 Å². The molecule has 0 saturated heterocycles. The average Bonchev–Trinajstić information content (AvgIpc) is 3.60. The van der Waals surface area contributed by atoms with Gasteiger partial charge in [-0.2, -0.15) is 0 Å². The summed E-state index contributed by atoms with van der Waals surface area (Å²) in [4.78, 5) is 39.6. The molecule has 0 amide bonds. The van der Waals surface area contributed by atoms with E-state index in [9.17, 15) is 19.5 Å². The molecule has 0 bridgehead atoms. The topological polar surface area (TPSA) is 136 Å². The maximum Gasteiger partial charge on any atom is 0.354 e. The summed E-state index contributed by atoms with van der Waals surface area (Å²) in [5.41, 5.74) is 3.21. The van der Waals surface area contributed by atoms with Crippen molar-refractivity contribution in [1.29, 1.82) is 0 Å². The van der Waals surface area contributed by atoms with Crippen molar-refractivity contribution in [3.05, 3.63) is 76.0 Å². The van der Waals surface area contributed by atoms with E-state index in [0.29, 0.717) is 30.3 Å². The molecule has 41 heavy (non-hydrogen) atoms. The highest BCUT2D eigenvalue weighted by molar-refractivity contribution is 5.93. The van der Waals surface area contributed by atoms with Gasteiger partial charge in [-0.25, -0.2) is 19.3 Å². The largest absolute Gasteiger partial charge is 0.477 e. The second-order valence-corrected chi connectivity index (χ2v) is 11.3. The maximum atomic E-state index is 13.7. The van der Waals surface area contributed by atoms with Crippen molar-refractivity contribution >= 4 is 11.9 Å². The number of aromatic nitrogens is 6. The summed E-state index contributed by atoms with van der Waals surface area (Å²) < 4.78 is 2.41. The molecule has 1 aliphatic rings. The summed E-state index contributed by atoms with van der Waals surface area (Å²) in [6, 6.07) is 15.5. The number of carbonyl (C=O) groups is 2. The van der Waals surface area contributed by atoms with E-state index in [1.54, 1.807) is 0 Å². The van der Waals surface area contributed by atoms with E-state index in [1.165, 1.54) is 4.57 Å². The number of aromatic amines is 1. The number of nitrogens with zero attached hydrogens (tertiary/aromatic N) is 5. The molecule has 2 N–H and O–H groups in total. The third-order valence-corrected chi connectivity index (χ3v) is 7.98. The average molecular weight is 557 g/mol. The third-order valence-electron chi connectivity index (χ3n) is 7.98. The number of hydrogen-bond donors (Lipinski definition) is 2. The Morgan fingerprint density at radius 2 is 1.73 bits per heavy atom. The van der Waals surface area contributed by atoms with E-state index in [0.717, 1.165) is 58.9 Å². The number of H-pyrrole nitrogens is 1. The highest BCUT2D eigenvalue weighted by Crippen LogP contribution is 2.30. The van der Waals surface area contributed by atoms with Crippen LogP contribution in [0.15, 0.2) is 53.3 Å². The Labute approximate surface area is 238 Å². The van der Waals surface area contributed by atoms with Gasteiger partial charge in [0.1, 0.15) is 0 Å². The Bertz CT molecular complexity index is 1560. The molecule has 10 heteroatoms. The van der Waals surface area contributed by atoms with Crippen molar-refractivity contribution in [1.82, 2.24) is 29.8 Å². The van der Waals surface area contributed by atoms with Gasteiger partial charge in [0.25, 0.3) is 0 Å². The molecule has 4 aromatic rings. The zero-order chi connectivity index (χ0) is 28.9. The van der Waals surface area contributed by atoms with Crippen LogP contribution in [-0.2, 0) is 13.0 Å². The van der Waals surface area contributed by atoms with Gasteiger partial charge in [0.15, 0.2) is 11.5 Å². The first-order valence-corrected chi connectivity index (χ1v) is 14.4. The lowest BCUT2D eigenvalue weighted by atomic mass is 9.87. The van der Waals surface area contributed by atoms with Crippen molar-refractivity contribution in [2.45, 2.75) is 71.8 Å². The van der Waals surface area contributed by atoms with Crippen LogP contribution in [0, 0.1) is 11.8 Å². The Kier molecular flexibility index (Phi) is 8.56. The number of carboxylic acids is 1. The fourth-order valence-corrected chi connectivity index (χ4v) is 5.80. The number of rotatable bonds is 10. The summed E-state index contributed by atoms with van der Waals surface area (Å²) in [5.74, 6) is -0.606. The lowest BCUT2D eigenvalue weighted by molar-refractivity contribution is 0.0666. The van der Waals surface area contributed by atoms with Gasteiger partial charge in [-0.3, -0.25) is 9.36 Å². The lowest BCUT2D eigenvalue weighted by Gasteiger charge is -2.20. The van der Waals surface area contributed by atoms with Crippen LogP contribution in [-0.4, -0.2) is 46.7 Å². The summed E-state index contributed by atoms with van der Waals surface area (Å²) in [7, 11) is 0. The molecule has 2 heterocycles. The standard InChI is InChI=1S/C31H36N6O4/c1-20(2)12-17-26-28(30(39)40)37(27(38)18-21-8-4-3-5-9-21)31(41)36(26)19-22-13-15-23(16-14-22)24-10-6-7-11-25(24)29-32-34-35-33-29/h6-7,10-11,13-16,20-21H,3-5,8-9,12,17-19H2,1-2H3,(H,39,40)(H,32,33,34,35). The summed E-state index contributed by atoms with van der Waals surface area (Å²) >= 11 is 0. The molecular weight excluding hydrogens is 520 g/mol. The van der Waals surface area contributed by atoms with Crippen molar-refractivity contribution in [3.8, 4) is 22.5 Å². The van der Waals surface area contributed by atoms with Gasteiger partial charge in [0.05, 0.1) is 12.2 Å². The molecule has 1 saturated carbocycles. The van der Waals surface area contributed by atoms with Crippen LogP contribution in [0.1, 0.15) is 85.3 Å². The molecule has 0 atom stereocenters. The van der Waals surface area contributed by atoms with E-state index >= 15 is 0 Å². The van der Waals surface area contributed by atoms with E-state index < -0.39 is 17.6 Å². The fraction of sp³-hybridized carbons (Fsp3) is 0.419. The van der Waals surface area contributed by atoms with E-state index in [2.05, 4.69) is 34.5 Å². The molecule has 0 spiro atoms. The monoisotopic (exact) mass is 556 g/mol. The van der Waals surface area contributed by atoms with Gasteiger partial charge in [-0.1, -0.05) is 81.6 Å². The number of tetrazole rings is 1. The first kappa shape index (κ1) is 28.2. The predicted molar refractivity (Wildman–Crippen MR) is 155 cm³/mol. The van der Waals surface area contributed by atoms with Crippen LogP contribution >= 0.6 is 0 Å². The van der Waals surface area contributed by atoms with Crippen molar-refractivity contribution in [2.24, 2.45) is 11.8 Å².